The summed E-state index contributed by atoms with van der Waals surface area (Å²) in [5.41, 5.74) is -1.72. The van der Waals surface area contributed by atoms with Crippen LogP contribution in [0, 0.1) is 10.1 Å². The molecule has 0 aliphatic carbocycles. The second-order valence-corrected chi connectivity index (χ2v) is 4.94. The summed E-state index contributed by atoms with van der Waals surface area (Å²) >= 11 is 0. The smallest absolute Gasteiger partial charge is 0.416 e. The fraction of sp³-hybridized carbons (Fsp3) is 0.250. The van der Waals surface area contributed by atoms with Crippen LogP contribution in [0.4, 0.5) is 24.5 Å². The van der Waals surface area contributed by atoms with E-state index >= 15 is 0 Å². The molecule has 134 valence electrons. The van der Waals surface area contributed by atoms with Gasteiger partial charge in [0.15, 0.2) is 0 Å². The summed E-state index contributed by atoms with van der Waals surface area (Å²) in [6.45, 7) is 0.328. The molecule has 0 unspecified atom stereocenters. The third-order valence-electron chi connectivity index (χ3n) is 3.25. The van der Waals surface area contributed by atoms with Gasteiger partial charge in [0.1, 0.15) is 23.8 Å². The zero-order valence-corrected chi connectivity index (χ0v) is 13.2. The molecule has 0 amide bonds. The van der Waals surface area contributed by atoms with E-state index in [-0.39, 0.29) is 18.8 Å². The molecule has 2 aromatic rings. The lowest BCUT2D eigenvalue weighted by Gasteiger charge is -2.11. The van der Waals surface area contributed by atoms with Gasteiger partial charge in [-0.05, 0) is 24.3 Å². The molecule has 2 aromatic carbocycles. The number of hydrogen-bond donors (Lipinski definition) is 1. The Morgan fingerprint density at radius 3 is 2.52 bits per heavy atom. The van der Waals surface area contributed by atoms with Gasteiger partial charge in [0.05, 0.1) is 17.6 Å². The van der Waals surface area contributed by atoms with Gasteiger partial charge in [-0.3, -0.25) is 10.1 Å². The van der Waals surface area contributed by atoms with Crippen molar-refractivity contribution in [2.75, 3.05) is 25.6 Å². The van der Waals surface area contributed by atoms with Gasteiger partial charge in [-0.15, -0.1) is 0 Å². The SMILES string of the molecule is COc1cccc(OCCNc2ccc(C(F)(F)F)cc2[N+](=O)[O-])c1. The first kappa shape index (κ1) is 18.4. The minimum atomic E-state index is -4.64. The molecule has 0 heterocycles. The summed E-state index contributed by atoms with van der Waals surface area (Å²) in [5.74, 6) is 1.16. The van der Waals surface area contributed by atoms with Gasteiger partial charge in [-0.1, -0.05) is 6.07 Å². The monoisotopic (exact) mass is 356 g/mol. The number of methoxy groups -OCH3 is 1. The normalized spacial score (nSPS) is 11.0. The first-order chi connectivity index (χ1) is 11.8. The van der Waals surface area contributed by atoms with Crippen molar-refractivity contribution in [3.63, 3.8) is 0 Å². The number of alkyl halides is 3. The minimum Gasteiger partial charge on any atom is -0.497 e. The third kappa shape index (κ3) is 5.00. The number of hydrogen-bond acceptors (Lipinski definition) is 5. The highest BCUT2D eigenvalue weighted by molar-refractivity contribution is 5.63. The average molecular weight is 356 g/mol. The number of nitrogens with one attached hydrogen (secondary N) is 1. The number of anilines is 1. The zero-order valence-electron chi connectivity index (χ0n) is 13.2. The molecule has 0 saturated carbocycles. The van der Waals surface area contributed by atoms with Gasteiger partial charge in [0.2, 0.25) is 0 Å². The van der Waals surface area contributed by atoms with E-state index in [0.29, 0.717) is 17.6 Å². The number of nitro groups is 1. The predicted octanol–water partition coefficient (Wildman–Crippen LogP) is 4.11. The minimum absolute atomic E-state index is 0.00718. The maximum Gasteiger partial charge on any atom is 0.416 e. The lowest BCUT2D eigenvalue weighted by atomic mass is 10.1. The largest absolute Gasteiger partial charge is 0.497 e. The van der Waals surface area contributed by atoms with Crippen LogP contribution in [-0.4, -0.2) is 25.2 Å². The molecule has 9 heteroatoms. The van der Waals surface area contributed by atoms with Crippen molar-refractivity contribution < 1.29 is 27.6 Å². The van der Waals surface area contributed by atoms with E-state index in [4.69, 9.17) is 9.47 Å². The van der Waals surface area contributed by atoms with Gasteiger partial charge >= 0.3 is 6.18 Å². The van der Waals surface area contributed by atoms with Crippen molar-refractivity contribution in [3.05, 3.63) is 58.1 Å². The number of rotatable bonds is 7. The maximum atomic E-state index is 12.6. The summed E-state index contributed by atoms with van der Waals surface area (Å²) in [7, 11) is 1.52. The van der Waals surface area contributed by atoms with Crippen LogP contribution >= 0.6 is 0 Å². The first-order valence-electron chi connectivity index (χ1n) is 7.17. The number of benzene rings is 2. The van der Waals surface area contributed by atoms with E-state index in [1.54, 1.807) is 24.3 Å². The first-order valence-corrected chi connectivity index (χ1v) is 7.17. The molecule has 0 saturated heterocycles. The van der Waals surface area contributed by atoms with E-state index in [0.717, 1.165) is 12.1 Å². The molecular formula is C16H15F3N2O4. The van der Waals surface area contributed by atoms with Crippen LogP contribution in [0.25, 0.3) is 0 Å². The molecular weight excluding hydrogens is 341 g/mol. The average Bonchev–Trinajstić information content (AvgIpc) is 2.58. The summed E-state index contributed by atoms with van der Waals surface area (Å²) in [6, 6.07) is 9.19. The molecule has 0 aliphatic rings. The second-order valence-electron chi connectivity index (χ2n) is 4.94. The fourth-order valence-corrected chi connectivity index (χ4v) is 2.05. The van der Waals surface area contributed by atoms with Crippen molar-refractivity contribution >= 4 is 11.4 Å². The molecule has 25 heavy (non-hydrogen) atoms. The molecule has 1 N–H and O–H groups in total. The van der Waals surface area contributed by atoms with Crippen molar-refractivity contribution in [1.29, 1.82) is 0 Å². The van der Waals surface area contributed by atoms with E-state index < -0.39 is 22.4 Å². The highest BCUT2D eigenvalue weighted by atomic mass is 19.4. The lowest BCUT2D eigenvalue weighted by molar-refractivity contribution is -0.384. The van der Waals surface area contributed by atoms with Crippen LogP contribution in [-0.2, 0) is 6.18 Å². The summed E-state index contributed by atoms with van der Waals surface area (Å²) in [4.78, 5) is 10.1. The van der Waals surface area contributed by atoms with E-state index in [2.05, 4.69) is 5.32 Å². The Labute approximate surface area is 141 Å². The van der Waals surface area contributed by atoms with E-state index in [1.807, 2.05) is 0 Å². The van der Waals surface area contributed by atoms with Crippen molar-refractivity contribution in [2.24, 2.45) is 0 Å². The number of nitrogens with zero attached hydrogens (tertiary/aromatic N) is 1. The van der Waals surface area contributed by atoms with Crippen molar-refractivity contribution in [1.82, 2.24) is 0 Å². The molecule has 0 atom stereocenters. The Balaban J connectivity index is 1.99. The van der Waals surface area contributed by atoms with E-state index in [9.17, 15) is 23.3 Å². The Bertz CT molecular complexity index is 750. The molecule has 0 bridgehead atoms. The van der Waals surface area contributed by atoms with Gasteiger partial charge in [-0.25, -0.2) is 0 Å². The number of halogens is 3. The Morgan fingerprint density at radius 2 is 1.88 bits per heavy atom. The Hall–Kier alpha value is -2.97. The molecule has 0 aliphatic heterocycles. The van der Waals surface area contributed by atoms with Crippen molar-refractivity contribution in [2.45, 2.75) is 6.18 Å². The van der Waals surface area contributed by atoms with Gasteiger partial charge in [0.25, 0.3) is 5.69 Å². The van der Waals surface area contributed by atoms with Gasteiger partial charge in [-0.2, -0.15) is 13.2 Å². The molecule has 0 fully saturated rings. The number of nitro benzene ring substituents is 1. The van der Waals surface area contributed by atoms with Crippen LogP contribution < -0.4 is 14.8 Å². The highest BCUT2D eigenvalue weighted by Gasteiger charge is 2.32. The van der Waals surface area contributed by atoms with Crippen molar-refractivity contribution in [3.8, 4) is 11.5 Å². The van der Waals surface area contributed by atoms with E-state index in [1.165, 1.54) is 7.11 Å². The number of ether oxygens (including phenoxy) is 2. The predicted molar refractivity (Wildman–Crippen MR) is 85.1 cm³/mol. The quantitative estimate of drug-likeness (QED) is 0.459. The van der Waals surface area contributed by atoms with Crippen LogP contribution in [0.15, 0.2) is 42.5 Å². The molecule has 0 radical (unpaired) electrons. The van der Waals surface area contributed by atoms with Gasteiger partial charge < -0.3 is 14.8 Å². The zero-order chi connectivity index (χ0) is 18.4. The van der Waals surface area contributed by atoms with Crippen LogP contribution in [0.1, 0.15) is 5.56 Å². The summed E-state index contributed by atoms with van der Waals surface area (Å²) in [5, 5.41) is 13.7. The topological polar surface area (TPSA) is 73.6 Å². The molecule has 0 spiro atoms. The maximum absolute atomic E-state index is 12.6. The summed E-state index contributed by atoms with van der Waals surface area (Å²) < 4.78 is 48.4. The van der Waals surface area contributed by atoms with Crippen LogP contribution in [0.3, 0.4) is 0 Å². The lowest BCUT2D eigenvalue weighted by Crippen LogP contribution is -2.13. The van der Waals surface area contributed by atoms with Crippen LogP contribution in [0.2, 0.25) is 0 Å². The Kier molecular flexibility index (Phi) is 5.68. The fourth-order valence-electron chi connectivity index (χ4n) is 2.05. The third-order valence-corrected chi connectivity index (χ3v) is 3.25. The molecule has 0 aromatic heterocycles. The Morgan fingerprint density at radius 1 is 1.16 bits per heavy atom. The van der Waals surface area contributed by atoms with Gasteiger partial charge in [0, 0.05) is 18.7 Å². The molecule has 2 rings (SSSR count). The molecule has 6 nitrogen and oxygen atoms in total. The second kappa shape index (κ2) is 7.73. The van der Waals surface area contributed by atoms with Crippen LogP contribution in [0.5, 0.6) is 11.5 Å². The highest BCUT2D eigenvalue weighted by Crippen LogP contribution is 2.34. The standard InChI is InChI=1S/C16H15F3N2O4/c1-24-12-3-2-4-13(10-12)25-8-7-20-14-6-5-11(16(17,18)19)9-15(14)21(22)23/h2-6,9-10,20H,7-8H2,1H3. The summed E-state index contributed by atoms with van der Waals surface area (Å²) in [6.07, 6.45) is -4.64.